The van der Waals surface area contributed by atoms with Crippen LogP contribution in [0, 0.1) is 11.3 Å². The molecule has 0 spiro atoms. The molecule has 1 saturated carbocycles. The Morgan fingerprint density at radius 1 is 0.811 bits per heavy atom. The lowest BCUT2D eigenvalue weighted by molar-refractivity contribution is -0.138. The van der Waals surface area contributed by atoms with E-state index in [-0.39, 0.29) is 34.8 Å². The van der Waals surface area contributed by atoms with E-state index < -0.39 is 34.3 Å². The van der Waals surface area contributed by atoms with Crippen LogP contribution in [0.25, 0.3) is 0 Å². The van der Waals surface area contributed by atoms with Crippen LogP contribution in [0.2, 0.25) is 0 Å². The molecule has 0 aliphatic heterocycles. The van der Waals surface area contributed by atoms with Crippen LogP contribution in [0.15, 0.2) is 52.1 Å². The Hall–Kier alpha value is -4.01. The van der Waals surface area contributed by atoms with Crippen molar-refractivity contribution in [2.75, 3.05) is 10.6 Å². The molecule has 4 rings (SSSR count). The van der Waals surface area contributed by atoms with Gasteiger partial charge in [-0.05, 0) is 68.1 Å². The van der Waals surface area contributed by atoms with Gasteiger partial charge in [0.05, 0.1) is 28.9 Å². The summed E-state index contributed by atoms with van der Waals surface area (Å²) in [5.74, 6) is 0.302. The van der Waals surface area contributed by atoms with E-state index >= 15 is 0 Å². The zero-order valence-corrected chi connectivity index (χ0v) is 19.0. The first kappa shape index (κ1) is 26.1. The smallest absolute Gasteiger partial charge is 0.416 e. The summed E-state index contributed by atoms with van der Waals surface area (Å²) in [6, 6.07) is 8.33. The average molecular weight is 523 g/mol. The Kier molecular flexibility index (Phi) is 6.90. The van der Waals surface area contributed by atoms with Crippen molar-refractivity contribution in [1.82, 2.24) is 0 Å². The lowest BCUT2D eigenvalue weighted by Crippen LogP contribution is -2.40. The molecule has 0 saturated heterocycles. The third-order valence-corrected chi connectivity index (χ3v) is 6.08. The van der Waals surface area contributed by atoms with E-state index in [1.54, 1.807) is 6.07 Å². The second-order valence-corrected chi connectivity index (χ2v) is 8.70. The van der Waals surface area contributed by atoms with Gasteiger partial charge in [-0.15, -0.1) is 0 Å². The van der Waals surface area contributed by atoms with Crippen LogP contribution < -0.4 is 26.2 Å². The SMILES string of the molecule is N#Cc1cc(Nc2c(NC3CCC(Oc4ccc(C(F)(F)F)cc4)CC3)c(=O)c2=O)cc(C(F)(F)F)c1. The molecule has 0 bridgehead atoms. The molecule has 0 unspecified atom stereocenters. The minimum absolute atomic E-state index is 0.0481. The van der Waals surface area contributed by atoms with Gasteiger partial charge in [0.25, 0.3) is 10.9 Å². The lowest BCUT2D eigenvalue weighted by Gasteiger charge is -2.31. The molecule has 1 aliphatic rings. The van der Waals surface area contributed by atoms with Crippen molar-refractivity contribution >= 4 is 17.1 Å². The van der Waals surface area contributed by atoms with Gasteiger partial charge in [-0.3, -0.25) is 9.59 Å². The van der Waals surface area contributed by atoms with Crippen molar-refractivity contribution in [2.45, 2.75) is 50.2 Å². The molecule has 0 radical (unpaired) electrons. The minimum Gasteiger partial charge on any atom is -0.490 e. The van der Waals surface area contributed by atoms with E-state index in [4.69, 9.17) is 10.00 Å². The lowest BCUT2D eigenvalue weighted by atomic mass is 9.92. The van der Waals surface area contributed by atoms with E-state index in [9.17, 15) is 35.9 Å². The number of alkyl halides is 6. The molecule has 2 N–H and O–H groups in total. The van der Waals surface area contributed by atoms with Crippen LogP contribution in [0.1, 0.15) is 42.4 Å². The Balaban J connectivity index is 1.38. The highest BCUT2D eigenvalue weighted by Gasteiger charge is 2.33. The fourth-order valence-corrected chi connectivity index (χ4v) is 4.16. The van der Waals surface area contributed by atoms with Crippen LogP contribution in [-0.4, -0.2) is 12.1 Å². The number of nitrogens with zero attached hydrogens (tertiary/aromatic N) is 1. The van der Waals surface area contributed by atoms with Gasteiger partial charge >= 0.3 is 12.4 Å². The van der Waals surface area contributed by atoms with E-state index in [0.29, 0.717) is 37.5 Å². The van der Waals surface area contributed by atoms with Gasteiger partial charge in [0, 0.05) is 11.7 Å². The molecular weight excluding hydrogens is 504 g/mol. The summed E-state index contributed by atoms with van der Waals surface area (Å²) < 4.78 is 83.3. The van der Waals surface area contributed by atoms with E-state index in [1.165, 1.54) is 12.1 Å². The number of benzene rings is 2. The van der Waals surface area contributed by atoms with Gasteiger partial charge in [-0.1, -0.05) is 0 Å². The summed E-state index contributed by atoms with van der Waals surface area (Å²) >= 11 is 0. The fraction of sp³-hybridized carbons (Fsp3) is 0.320. The number of ether oxygens (including phenoxy) is 1. The maximum atomic E-state index is 13.1. The minimum atomic E-state index is -4.71. The van der Waals surface area contributed by atoms with Crippen LogP contribution in [0.5, 0.6) is 5.75 Å². The third-order valence-electron chi connectivity index (χ3n) is 6.08. The highest BCUT2D eigenvalue weighted by molar-refractivity contribution is 5.79. The van der Waals surface area contributed by atoms with Crippen molar-refractivity contribution < 1.29 is 31.1 Å². The Morgan fingerprint density at radius 2 is 1.41 bits per heavy atom. The van der Waals surface area contributed by atoms with E-state index in [2.05, 4.69) is 10.6 Å². The summed E-state index contributed by atoms with van der Waals surface area (Å²) in [5.41, 5.74) is -4.21. The predicted molar refractivity (Wildman–Crippen MR) is 123 cm³/mol. The van der Waals surface area contributed by atoms with Gasteiger partial charge in [0.1, 0.15) is 17.1 Å². The first-order chi connectivity index (χ1) is 17.3. The Bertz CT molecular complexity index is 1390. The summed E-state index contributed by atoms with van der Waals surface area (Å²) in [7, 11) is 0. The number of nitriles is 1. The molecule has 0 heterocycles. The number of anilines is 3. The summed E-state index contributed by atoms with van der Waals surface area (Å²) in [5, 5.41) is 14.5. The number of rotatable bonds is 6. The highest BCUT2D eigenvalue weighted by Crippen LogP contribution is 2.34. The molecule has 37 heavy (non-hydrogen) atoms. The van der Waals surface area contributed by atoms with Gasteiger partial charge in [-0.25, -0.2) is 0 Å². The monoisotopic (exact) mass is 523 g/mol. The second-order valence-electron chi connectivity index (χ2n) is 8.70. The largest absolute Gasteiger partial charge is 0.490 e. The number of hydrogen-bond acceptors (Lipinski definition) is 6. The molecule has 194 valence electrons. The second kappa shape index (κ2) is 9.80. The molecule has 0 amide bonds. The van der Waals surface area contributed by atoms with Gasteiger partial charge in [-0.2, -0.15) is 31.6 Å². The van der Waals surface area contributed by atoms with Crippen LogP contribution >= 0.6 is 0 Å². The van der Waals surface area contributed by atoms with Crippen molar-refractivity contribution in [3.8, 4) is 11.8 Å². The zero-order chi connectivity index (χ0) is 27.0. The van der Waals surface area contributed by atoms with Gasteiger partial charge < -0.3 is 15.4 Å². The average Bonchev–Trinajstić information content (AvgIpc) is 2.86. The van der Waals surface area contributed by atoms with E-state index in [1.807, 2.05) is 0 Å². The Morgan fingerprint density at radius 3 is 1.97 bits per heavy atom. The molecule has 0 atom stereocenters. The first-order valence-electron chi connectivity index (χ1n) is 11.2. The first-order valence-corrected chi connectivity index (χ1v) is 11.2. The quantitative estimate of drug-likeness (QED) is 0.317. The highest BCUT2D eigenvalue weighted by atomic mass is 19.4. The maximum Gasteiger partial charge on any atom is 0.416 e. The summed E-state index contributed by atoms with van der Waals surface area (Å²) in [6.07, 6.45) is -7.32. The molecule has 1 fully saturated rings. The van der Waals surface area contributed by atoms with Crippen molar-refractivity contribution in [3.05, 3.63) is 79.6 Å². The standard InChI is InChI=1S/C25H19F6N3O3/c26-24(27,28)14-1-5-18(6-2-14)37-19-7-3-16(4-8-19)33-20-21(23(36)22(20)35)34-17-10-13(12-32)9-15(11-17)25(29,30)31/h1-2,5-6,9-11,16,19,33-34H,3-4,7-8H2. The van der Waals surface area contributed by atoms with Crippen LogP contribution in [0.3, 0.4) is 0 Å². The van der Waals surface area contributed by atoms with E-state index in [0.717, 1.165) is 24.3 Å². The molecule has 3 aromatic carbocycles. The van der Waals surface area contributed by atoms with Crippen molar-refractivity contribution in [2.24, 2.45) is 0 Å². The molecule has 12 heteroatoms. The molecular formula is C25H19F6N3O3. The molecule has 3 aromatic rings. The predicted octanol–water partition coefficient (Wildman–Crippen LogP) is 5.74. The topological polar surface area (TPSA) is 91.2 Å². The number of halogens is 6. The Labute approximate surface area is 206 Å². The molecule has 6 nitrogen and oxygen atoms in total. The summed E-state index contributed by atoms with van der Waals surface area (Å²) in [4.78, 5) is 24.2. The fourth-order valence-electron chi connectivity index (χ4n) is 4.16. The van der Waals surface area contributed by atoms with Gasteiger partial charge in [0.15, 0.2) is 0 Å². The third kappa shape index (κ3) is 5.87. The molecule has 0 aromatic heterocycles. The molecule has 1 aliphatic carbocycles. The van der Waals surface area contributed by atoms with Crippen molar-refractivity contribution in [1.29, 1.82) is 5.26 Å². The van der Waals surface area contributed by atoms with Crippen LogP contribution in [-0.2, 0) is 12.4 Å². The van der Waals surface area contributed by atoms with Gasteiger partial charge in [0.2, 0.25) is 0 Å². The van der Waals surface area contributed by atoms with Crippen LogP contribution in [0.4, 0.5) is 43.4 Å². The zero-order valence-electron chi connectivity index (χ0n) is 19.0. The number of nitrogens with one attached hydrogen (secondary N) is 2. The number of hydrogen-bond donors (Lipinski definition) is 2. The van der Waals surface area contributed by atoms with Crippen molar-refractivity contribution in [3.63, 3.8) is 0 Å². The summed E-state index contributed by atoms with van der Waals surface area (Å²) in [6.45, 7) is 0. The normalized spacial score (nSPS) is 18.3. The maximum absolute atomic E-state index is 13.1.